The van der Waals surface area contributed by atoms with E-state index in [2.05, 4.69) is 15.3 Å². The second kappa shape index (κ2) is 9.40. The zero-order chi connectivity index (χ0) is 18.8. The zero-order valence-corrected chi connectivity index (χ0v) is 14.6. The summed E-state index contributed by atoms with van der Waals surface area (Å²) in [4.78, 5) is 17.8. The maximum absolute atomic E-state index is 10.8. The van der Waals surface area contributed by atoms with Crippen LogP contribution in [-0.4, -0.2) is 26.0 Å². The fraction of sp³-hybridized carbons (Fsp3) is 0.0556. The Morgan fingerprint density at radius 3 is 2.08 bits per heavy atom. The number of carboxylic acids is 1. The smallest absolute Gasteiger partial charge is 0.355 e. The number of aliphatic carboxylic acids is 1. The molecule has 1 aromatic carbocycles. The van der Waals surface area contributed by atoms with E-state index < -0.39 is 11.0 Å². The molecular weight excluding hydrogens is 350 g/mol. The van der Waals surface area contributed by atoms with Gasteiger partial charge in [0.1, 0.15) is 5.82 Å². The van der Waals surface area contributed by atoms with E-state index in [-0.39, 0.29) is 0 Å². The molecule has 3 heterocycles. The Kier molecular flexibility index (Phi) is 6.95. The Bertz CT molecular complexity index is 766. The molecule has 2 aromatic heterocycles. The Hall–Kier alpha value is -3.10. The summed E-state index contributed by atoms with van der Waals surface area (Å²) in [6.07, 6.45) is 5.16. The summed E-state index contributed by atoms with van der Waals surface area (Å²) in [5.74, 6) is -0.490. The third-order valence-electron chi connectivity index (χ3n) is 3.05. The van der Waals surface area contributed by atoms with Gasteiger partial charge in [-0.3, -0.25) is 10.7 Å². The van der Waals surface area contributed by atoms with Gasteiger partial charge < -0.3 is 16.2 Å². The maximum Gasteiger partial charge on any atom is 0.355 e. The first kappa shape index (κ1) is 19.2. The Balaban J connectivity index is 0.000000157. The van der Waals surface area contributed by atoms with E-state index in [9.17, 15) is 4.79 Å². The predicted molar refractivity (Wildman–Crippen MR) is 103 cm³/mol. The molecule has 1 aliphatic heterocycles. The molecule has 0 saturated carbocycles. The van der Waals surface area contributed by atoms with E-state index in [1.165, 1.54) is 0 Å². The van der Waals surface area contributed by atoms with Crippen LogP contribution in [0.15, 0.2) is 84.1 Å². The minimum Gasteiger partial charge on any atom is -0.478 e. The second-order valence-corrected chi connectivity index (χ2v) is 6.33. The molecule has 7 nitrogen and oxygen atoms in total. The van der Waals surface area contributed by atoms with Gasteiger partial charge in [-0.25, -0.2) is 9.78 Å². The lowest BCUT2D eigenvalue weighted by molar-refractivity contribution is -0.138. The lowest BCUT2D eigenvalue weighted by atomic mass is 10.3. The molecule has 8 heteroatoms. The highest BCUT2D eigenvalue weighted by Gasteiger charge is 2.41. The first-order valence-corrected chi connectivity index (χ1v) is 8.43. The van der Waals surface area contributed by atoms with E-state index in [1.54, 1.807) is 30.7 Å². The number of aromatic nitrogens is 2. The van der Waals surface area contributed by atoms with Crippen LogP contribution < -0.4 is 16.8 Å². The molecular formula is C18H19N5O2S. The summed E-state index contributed by atoms with van der Waals surface area (Å²) in [5.41, 5.74) is 11.6. The molecule has 0 radical (unpaired) electrons. The molecule has 1 aliphatic rings. The van der Waals surface area contributed by atoms with Crippen molar-refractivity contribution < 1.29 is 9.90 Å². The quantitative estimate of drug-likeness (QED) is 0.515. The molecule has 1 atom stereocenters. The van der Waals surface area contributed by atoms with Crippen LogP contribution in [0.25, 0.3) is 0 Å². The van der Waals surface area contributed by atoms with Crippen molar-refractivity contribution in [3.63, 3.8) is 0 Å². The van der Waals surface area contributed by atoms with E-state index in [0.717, 1.165) is 22.3 Å². The summed E-state index contributed by atoms with van der Waals surface area (Å²) >= 11 is 1.11. The van der Waals surface area contributed by atoms with Gasteiger partial charge in [-0.15, -0.1) is 0 Å². The van der Waals surface area contributed by atoms with Crippen LogP contribution in [0.4, 0.5) is 11.5 Å². The van der Waals surface area contributed by atoms with Gasteiger partial charge in [-0.05, 0) is 36.4 Å². The van der Waals surface area contributed by atoms with E-state index in [4.69, 9.17) is 16.6 Å². The molecule has 0 fully saturated rings. The van der Waals surface area contributed by atoms with E-state index in [0.29, 0.717) is 5.82 Å². The van der Waals surface area contributed by atoms with Gasteiger partial charge in [-0.2, -0.15) is 0 Å². The topological polar surface area (TPSA) is 127 Å². The van der Waals surface area contributed by atoms with Crippen molar-refractivity contribution in [2.75, 3.05) is 11.1 Å². The summed E-state index contributed by atoms with van der Waals surface area (Å²) in [6.45, 7) is 0. The third-order valence-corrected chi connectivity index (χ3v) is 4.22. The van der Waals surface area contributed by atoms with Gasteiger partial charge >= 0.3 is 5.97 Å². The van der Waals surface area contributed by atoms with Crippen LogP contribution in [0, 0.1) is 0 Å². The minimum absolute atomic E-state index is 0.572. The Labute approximate surface area is 155 Å². The average molecular weight is 369 g/mol. The lowest BCUT2D eigenvalue weighted by Gasteiger charge is -2.17. The van der Waals surface area contributed by atoms with Crippen molar-refractivity contribution in [1.82, 2.24) is 9.97 Å². The van der Waals surface area contributed by atoms with Gasteiger partial charge in [0.25, 0.3) is 0 Å². The Morgan fingerprint density at radius 2 is 1.65 bits per heavy atom. The van der Waals surface area contributed by atoms with Gasteiger partial charge in [0.05, 0.1) is 5.69 Å². The summed E-state index contributed by atoms with van der Waals surface area (Å²) in [7, 11) is 0. The zero-order valence-electron chi connectivity index (χ0n) is 13.8. The highest BCUT2D eigenvalue weighted by molar-refractivity contribution is 8.02. The number of nitrogens with one attached hydrogen (secondary N) is 1. The fourth-order valence-corrected chi connectivity index (χ4v) is 2.81. The summed E-state index contributed by atoms with van der Waals surface area (Å²) < 4.78 is 0. The van der Waals surface area contributed by atoms with Crippen LogP contribution in [0.2, 0.25) is 0 Å². The van der Waals surface area contributed by atoms with Crippen molar-refractivity contribution in [1.29, 1.82) is 0 Å². The van der Waals surface area contributed by atoms with Gasteiger partial charge in [0.15, 0.2) is 0 Å². The number of nitrogens with two attached hydrogens (primary N) is 2. The van der Waals surface area contributed by atoms with Crippen molar-refractivity contribution in [2.24, 2.45) is 5.73 Å². The number of nitrogens with zero attached hydrogens (tertiary/aromatic N) is 2. The van der Waals surface area contributed by atoms with E-state index in [1.807, 2.05) is 48.5 Å². The van der Waals surface area contributed by atoms with Crippen LogP contribution in [-0.2, 0) is 4.79 Å². The molecule has 4 rings (SSSR count). The van der Waals surface area contributed by atoms with Crippen molar-refractivity contribution >= 4 is 29.2 Å². The number of hydrogen-bond donors (Lipinski definition) is 4. The molecule has 6 N–H and O–H groups in total. The number of pyridine rings is 2. The molecule has 0 bridgehead atoms. The number of nitrogen functional groups attached to an aromatic ring is 1. The van der Waals surface area contributed by atoms with Crippen LogP contribution in [0.5, 0.6) is 0 Å². The number of rotatable bonds is 1. The number of benzene rings is 1. The lowest BCUT2D eigenvalue weighted by Crippen LogP contribution is -2.49. The SMILES string of the molecule is NC1(C(=O)O)Nc2ccccc2S1.Nc1ccccn1.c1ccncc1. The standard InChI is InChI=1S/C8H8N2O2S.C5H6N2.C5H5N/c9-8(7(11)12)10-5-3-1-2-4-6(5)13-8;6-5-3-1-2-4-7-5;1-2-4-6-5-3-1/h1-4,10H,9H2,(H,11,12);1-4H,(H2,6,7);1-5H. The molecule has 1 unspecified atom stereocenters. The van der Waals surface area contributed by atoms with Gasteiger partial charge in [0, 0.05) is 23.5 Å². The average Bonchev–Trinajstić information content (AvgIpc) is 3.02. The summed E-state index contributed by atoms with van der Waals surface area (Å²) in [5, 5.41) is 11.6. The van der Waals surface area contributed by atoms with Crippen LogP contribution in [0.1, 0.15) is 0 Å². The van der Waals surface area contributed by atoms with Crippen molar-refractivity contribution in [2.45, 2.75) is 9.89 Å². The minimum atomic E-state index is -1.41. The third kappa shape index (κ3) is 5.76. The predicted octanol–water partition coefficient (Wildman–Crippen LogP) is 2.65. The molecule has 26 heavy (non-hydrogen) atoms. The van der Waals surface area contributed by atoms with Crippen molar-refractivity contribution in [3.8, 4) is 0 Å². The number of anilines is 2. The molecule has 0 saturated heterocycles. The normalized spacial score (nSPS) is 16.7. The highest BCUT2D eigenvalue weighted by Crippen LogP contribution is 2.42. The summed E-state index contributed by atoms with van der Waals surface area (Å²) in [6, 6.07) is 18.5. The number of fused-ring (bicyclic) bond motifs is 1. The number of carboxylic acid groups (broad SMARTS) is 1. The second-order valence-electron chi connectivity index (χ2n) is 5.04. The number of thioether (sulfide) groups is 1. The Morgan fingerprint density at radius 1 is 1.00 bits per heavy atom. The number of para-hydroxylation sites is 1. The first-order valence-electron chi connectivity index (χ1n) is 7.61. The monoisotopic (exact) mass is 369 g/mol. The van der Waals surface area contributed by atoms with Gasteiger partial charge in [-0.1, -0.05) is 36.0 Å². The molecule has 3 aromatic rings. The molecule has 0 amide bonds. The first-order chi connectivity index (χ1) is 12.5. The van der Waals surface area contributed by atoms with Crippen molar-refractivity contribution in [3.05, 3.63) is 79.3 Å². The fourth-order valence-electron chi connectivity index (χ4n) is 1.84. The molecule has 0 spiro atoms. The van der Waals surface area contributed by atoms with E-state index >= 15 is 0 Å². The van der Waals surface area contributed by atoms with Gasteiger partial charge in [0.2, 0.25) is 4.99 Å². The molecule has 0 aliphatic carbocycles. The number of hydrogen-bond acceptors (Lipinski definition) is 7. The highest BCUT2D eigenvalue weighted by atomic mass is 32.2. The molecule has 134 valence electrons. The largest absolute Gasteiger partial charge is 0.478 e. The maximum atomic E-state index is 10.8. The number of carbonyl (C=O) groups is 1. The van der Waals surface area contributed by atoms with Crippen LogP contribution in [0.3, 0.4) is 0 Å². The van der Waals surface area contributed by atoms with Crippen LogP contribution >= 0.6 is 11.8 Å².